The summed E-state index contributed by atoms with van der Waals surface area (Å²) in [5.74, 6) is 2.16. The van der Waals surface area contributed by atoms with Crippen LogP contribution in [0.2, 0.25) is 0 Å². The van der Waals surface area contributed by atoms with Gasteiger partial charge in [0.15, 0.2) is 22.6 Å². The number of nitrogens with zero attached hydrogens (tertiary/aromatic N) is 4. The van der Waals surface area contributed by atoms with Crippen LogP contribution < -0.4 is 5.73 Å². The van der Waals surface area contributed by atoms with Gasteiger partial charge in [0.2, 0.25) is 0 Å². The van der Waals surface area contributed by atoms with E-state index in [9.17, 15) is 14.6 Å². The molecule has 2 aromatic rings. The zero-order valence-corrected chi connectivity index (χ0v) is 10.8. The Morgan fingerprint density at radius 1 is 1.62 bits per heavy atom. The number of nitrogens with two attached hydrogens (primary N) is 1. The van der Waals surface area contributed by atoms with Gasteiger partial charge in [-0.25, -0.2) is 4.98 Å². The minimum Gasteiger partial charge on any atom is -0.392 e. The first kappa shape index (κ1) is 13.7. The third-order valence-electron chi connectivity index (χ3n) is 3.52. The fraction of sp³-hybridized carbons (Fsp3) is 0.417. The van der Waals surface area contributed by atoms with Crippen molar-refractivity contribution < 1.29 is 19.3 Å². The van der Waals surface area contributed by atoms with Crippen LogP contribution in [-0.2, 0) is 4.74 Å². The molecule has 110 valence electrons. The number of rotatable bonds is 2. The maximum atomic E-state index is 13.3. The molecule has 21 heavy (non-hydrogen) atoms. The molecule has 2 aromatic heterocycles. The summed E-state index contributed by atoms with van der Waals surface area (Å²) in [6.45, 7) is -0.542. The number of terminal acetylenes is 1. The van der Waals surface area contributed by atoms with Crippen LogP contribution in [0.3, 0.4) is 0 Å². The predicted octanol–water partition coefficient (Wildman–Crippen LogP) is -0.808. The van der Waals surface area contributed by atoms with Crippen LogP contribution in [0.25, 0.3) is 11.2 Å². The van der Waals surface area contributed by atoms with Crippen molar-refractivity contribution in [3.63, 3.8) is 0 Å². The second kappa shape index (κ2) is 4.63. The highest BCUT2D eigenvalue weighted by Crippen LogP contribution is 2.37. The number of halogens is 1. The van der Waals surface area contributed by atoms with E-state index in [0.29, 0.717) is 0 Å². The van der Waals surface area contributed by atoms with E-state index in [1.807, 2.05) is 0 Å². The Hall–Kier alpha value is -2.28. The lowest BCUT2D eigenvalue weighted by atomic mass is 9.99. The lowest BCUT2D eigenvalue weighted by Crippen LogP contribution is -2.41. The molecular formula is C12H12FN5O3. The van der Waals surface area contributed by atoms with Crippen molar-refractivity contribution in [1.29, 1.82) is 0 Å². The number of hydrogen-bond donors (Lipinski definition) is 3. The minimum atomic E-state index is -1.50. The number of aromatic nitrogens is 4. The lowest BCUT2D eigenvalue weighted by Gasteiger charge is -2.23. The molecule has 0 spiro atoms. The van der Waals surface area contributed by atoms with Gasteiger partial charge in [-0.3, -0.25) is 4.57 Å². The van der Waals surface area contributed by atoms with E-state index < -0.39 is 30.6 Å². The Kier molecular flexibility index (Phi) is 3.02. The molecule has 3 rings (SSSR count). The molecule has 0 amide bonds. The fourth-order valence-electron chi connectivity index (χ4n) is 2.36. The van der Waals surface area contributed by atoms with Crippen LogP contribution >= 0.6 is 0 Å². The SMILES string of the molecule is C#CC1(CO)O[C@@H](n2cnc3c(N)nc(F)nc32)C[C@@H]1O. The van der Waals surface area contributed by atoms with Crippen molar-refractivity contribution in [3.05, 3.63) is 12.4 Å². The molecule has 1 aliphatic rings. The maximum Gasteiger partial charge on any atom is 0.312 e. The van der Waals surface area contributed by atoms with Gasteiger partial charge in [0.05, 0.1) is 12.9 Å². The van der Waals surface area contributed by atoms with E-state index >= 15 is 0 Å². The molecular weight excluding hydrogens is 281 g/mol. The predicted molar refractivity (Wildman–Crippen MR) is 69.1 cm³/mol. The fourth-order valence-corrected chi connectivity index (χ4v) is 2.36. The molecule has 0 saturated carbocycles. The number of nitrogen functional groups attached to an aromatic ring is 1. The van der Waals surface area contributed by atoms with E-state index in [4.69, 9.17) is 16.9 Å². The second-order valence-electron chi connectivity index (χ2n) is 4.72. The molecule has 3 atom stereocenters. The molecule has 1 saturated heterocycles. The van der Waals surface area contributed by atoms with Crippen molar-refractivity contribution >= 4 is 17.0 Å². The van der Waals surface area contributed by atoms with Gasteiger partial charge in [0.1, 0.15) is 12.3 Å². The van der Waals surface area contributed by atoms with Crippen LogP contribution in [0.5, 0.6) is 0 Å². The van der Waals surface area contributed by atoms with Crippen molar-refractivity contribution in [2.75, 3.05) is 12.3 Å². The zero-order valence-electron chi connectivity index (χ0n) is 10.8. The highest BCUT2D eigenvalue weighted by molar-refractivity contribution is 5.81. The molecule has 9 heteroatoms. The monoisotopic (exact) mass is 293 g/mol. The number of hydrogen-bond acceptors (Lipinski definition) is 7. The number of aliphatic hydroxyl groups excluding tert-OH is 2. The van der Waals surface area contributed by atoms with Gasteiger partial charge in [-0.15, -0.1) is 6.42 Å². The van der Waals surface area contributed by atoms with Gasteiger partial charge in [0, 0.05) is 6.42 Å². The maximum absolute atomic E-state index is 13.3. The molecule has 1 fully saturated rings. The van der Waals surface area contributed by atoms with Crippen molar-refractivity contribution in [3.8, 4) is 12.3 Å². The topological polar surface area (TPSA) is 119 Å². The largest absolute Gasteiger partial charge is 0.392 e. The average Bonchev–Trinajstić information content (AvgIpc) is 3.00. The quantitative estimate of drug-likeness (QED) is 0.489. The Balaban J connectivity index is 2.05. The van der Waals surface area contributed by atoms with Crippen LogP contribution in [-0.4, -0.2) is 48.0 Å². The zero-order chi connectivity index (χ0) is 15.2. The van der Waals surface area contributed by atoms with Gasteiger partial charge in [-0.1, -0.05) is 5.92 Å². The molecule has 0 aliphatic carbocycles. The third kappa shape index (κ3) is 1.92. The summed E-state index contributed by atoms with van der Waals surface area (Å²) in [6, 6.07) is 0. The third-order valence-corrected chi connectivity index (χ3v) is 3.52. The van der Waals surface area contributed by atoms with E-state index in [0.717, 1.165) is 0 Å². The summed E-state index contributed by atoms with van der Waals surface area (Å²) in [4.78, 5) is 11.0. The Morgan fingerprint density at radius 3 is 3.00 bits per heavy atom. The van der Waals surface area contributed by atoms with Crippen LogP contribution in [0.4, 0.5) is 10.2 Å². The number of ether oxygens (including phenoxy) is 1. The normalized spacial score (nSPS) is 28.9. The van der Waals surface area contributed by atoms with Crippen LogP contribution in [0, 0.1) is 18.4 Å². The summed E-state index contributed by atoms with van der Waals surface area (Å²) in [6.07, 6.45) is 3.95. The number of fused-ring (bicyclic) bond motifs is 1. The molecule has 1 aliphatic heterocycles. The molecule has 4 N–H and O–H groups in total. The summed E-state index contributed by atoms with van der Waals surface area (Å²) >= 11 is 0. The lowest BCUT2D eigenvalue weighted by molar-refractivity contribution is -0.0891. The standard InChI is InChI=1S/C12H12FN5O3/c1-2-12(4-19)6(20)3-7(21-12)18-5-15-8-9(14)16-11(13)17-10(8)18/h1,5-7,19-20H,3-4H2,(H2,14,16,17)/t6-,7+,12?/m0/s1. The smallest absolute Gasteiger partial charge is 0.312 e. The van der Waals surface area contributed by atoms with Gasteiger partial charge in [-0.05, 0) is 0 Å². The molecule has 8 nitrogen and oxygen atoms in total. The average molecular weight is 293 g/mol. The highest BCUT2D eigenvalue weighted by atomic mass is 19.1. The molecule has 1 unspecified atom stereocenters. The second-order valence-corrected chi connectivity index (χ2v) is 4.72. The van der Waals surface area contributed by atoms with Gasteiger partial charge >= 0.3 is 6.08 Å². The van der Waals surface area contributed by atoms with E-state index in [-0.39, 0.29) is 23.4 Å². The number of aliphatic hydroxyl groups is 2. The van der Waals surface area contributed by atoms with Gasteiger partial charge < -0.3 is 20.7 Å². The number of anilines is 1. The molecule has 0 bridgehead atoms. The summed E-state index contributed by atoms with van der Waals surface area (Å²) in [5.41, 5.74) is 4.42. The minimum absolute atomic E-state index is 0.0971. The van der Waals surface area contributed by atoms with Gasteiger partial charge in [0.25, 0.3) is 0 Å². The first-order chi connectivity index (χ1) is 10.0. The first-order valence-electron chi connectivity index (χ1n) is 6.11. The molecule has 0 radical (unpaired) electrons. The summed E-state index contributed by atoms with van der Waals surface area (Å²) in [5, 5.41) is 19.3. The van der Waals surface area contributed by atoms with E-state index in [2.05, 4.69) is 20.9 Å². The van der Waals surface area contributed by atoms with Crippen molar-refractivity contribution in [1.82, 2.24) is 19.5 Å². The first-order valence-corrected chi connectivity index (χ1v) is 6.11. The van der Waals surface area contributed by atoms with Crippen LogP contribution in [0.1, 0.15) is 12.6 Å². The summed E-state index contributed by atoms with van der Waals surface area (Å²) < 4.78 is 20.2. The molecule has 3 heterocycles. The van der Waals surface area contributed by atoms with Gasteiger partial charge in [-0.2, -0.15) is 14.4 Å². The molecule has 0 aromatic carbocycles. The highest BCUT2D eigenvalue weighted by Gasteiger charge is 2.47. The van der Waals surface area contributed by atoms with Crippen molar-refractivity contribution in [2.45, 2.75) is 24.4 Å². The summed E-state index contributed by atoms with van der Waals surface area (Å²) in [7, 11) is 0. The number of imidazole rings is 1. The van der Waals surface area contributed by atoms with E-state index in [1.165, 1.54) is 10.9 Å². The van der Waals surface area contributed by atoms with E-state index in [1.54, 1.807) is 0 Å². The van der Waals surface area contributed by atoms with Crippen LogP contribution in [0.15, 0.2) is 6.33 Å². The Bertz CT molecular complexity index is 742. The Labute approximate surface area is 118 Å². The van der Waals surface area contributed by atoms with Crippen molar-refractivity contribution in [2.24, 2.45) is 0 Å². The Morgan fingerprint density at radius 2 is 2.38 bits per heavy atom.